The minimum atomic E-state index is -0.586. The van der Waals surface area contributed by atoms with Crippen LogP contribution in [0.5, 0.6) is 0 Å². The zero-order chi connectivity index (χ0) is 18.4. The lowest BCUT2D eigenvalue weighted by Crippen LogP contribution is -2.28. The fourth-order valence-electron chi connectivity index (χ4n) is 2.05. The second-order valence-electron chi connectivity index (χ2n) is 4.88. The fourth-order valence-corrected chi connectivity index (χ4v) is 2.44. The molecule has 2 aromatic carbocycles. The molecule has 10 heteroatoms. The molecule has 0 atom stereocenters. The highest BCUT2D eigenvalue weighted by Crippen LogP contribution is 2.25. The Hall–Kier alpha value is -3.01. The lowest BCUT2D eigenvalue weighted by Gasteiger charge is -2.08. The molecule has 0 saturated carbocycles. The van der Waals surface area contributed by atoms with Crippen molar-refractivity contribution in [2.75, 3.05) is 18.4 Å². The van der Waals surface area contributed by atoms with Gasteiger partial charge in [-0.05, 0) is 34.1 Å². The maximum absolute atomic E-state index is 12.0. The topological polar surface area (TPSA) is 127 Å². The highest BCUT2D eigenvalue weighted by Gasteiger charge is 2.16. The number of hydrogen-bond acceptors (Lipinski definition) is 6. The Kier molecular flexibility index (Phi) is 6.01. The molecule has 0 aliphatic rings. The molecule has 2 N–H and O–H groups in total. The van der Waals surface area contributed by atoms with Crippen molar-refractivity contribution in [2.45, 2.75) is 0 Å². The molecule has 2 aromatic rings. The van der Waals surface area contributed by atoms with Crippen molar-refractivity contribution >= 4 is 38.9 Å². The number of benzene rings is 2. The number of para-hydroxylation sites is 2. The molecule has 25 heavy (non-hydrogen) atoms. The van der Waals surface area contributed by atoms with Gasteiger partial charge in [0.2, 0.25) is 0 Å². The molecule has 1 amide bonds. The number of hydrogen-bond donors (Lipinski definition) is 2. The first kappa shape index (κ1) is 18.3. The second kappa shape index (κ2) is 8.20. The molecule has 0 aliphatic heterocycles. The van der Waals surface area contributed by atoms with Gasteiger partial charge in [0.15, 0.2) is 0 Å². The standard InChI is InChI=1S/C15H13BrN4O5/c16-11-6-5-10(9-14(11)20(24)25)15(21)18-8-7-17-12-3-1-2-4-13(12)19(22)23/h1-6,9,17H,7-8H2,(H,18,21). The summed E-state index contributed by atoms with van der Waals surface area (Å²) in [6.07, 6.45) is 0. The van der Waals surface area contributed by atoms with Crippen molar-refractivity contribution in [1.82, 2.24) is 5.32 Å². The molecule has 0 unspecified atom stereocenters. The van der Waals surface area contributed by atoms with Crippen LogP contribution >= 0.6 is 15.9 Å². The van der Waals surface area contributed by atoms with Gasteiger partial charge < -0.3 is 10.6 Å². The molecule has 0 spiro atoms. The van der Waals surface area contributed by atoms with E-state index in [4.69, 9.17) is 0 Å². The highest BCUT2D eigenvalue weighted by atomic mass is 79.9. The Balaban J connectivity index is 1.92. The maximum Gasteiger partial charge on any atom is 0.292 e. The van der Waals surface area contributed by atoms with Crippen LogP contribution in [0, 0.1) is 20.2 Å². The highest BCUT2D eigenvalue weighted by molar-refractivity contribution is 9.10. The van der Waals surface area contributed by atoms with Crippen LogP contribution in [0.2, 0.25) is 0 Å². The molecule has 0 heterocycles. The van der Waals surface area contributed by atoms with Gasteiger partial charge in [-0.15, -0.1) is 0 Å². The third kappa shape index (κ3) is 4.73. The van der Waals surface area contributed by atoms with Crippen molar-refractivity contribution in [3.63, 3.8) is 0 Å². The molecule has 0 aliphatic carbocycles. The van der Waals surface area contributed by atoms with Gasteiger partial charge in [0, 0.05) is 30.8 Å². The molecule has 0 aromatic heterocycles. The number of nitro benzene ring substituents is 2. The van der Waals surface area contributed by atoms with Crippen LogP contribution in [0.25, 0.3) is 0 Å². The first-order chi connectivity index (χ1) is 11.9. The molecule has 130 valence electrons. The number of amides is 1. The Bertz CT molecular complexity index is 827. The van der Waals surface area contributed by atoms with E-state index in [1.165, 1.54) is 24.3 Å². The van der Waals surface area contributed by atoms with Gasteiger partial charge in [-0.1, -0.05) is 12.1 Å². The average Bonchev–Trinajstić information content (AvgIpc) is 2.58. The van der Waals surface area contributed by atoms with Crippen LogP contribution in [0.4, 0.5) is 17.1 Å². The van der Waals surface area contributed by atoms with E-state index in [1.807, 2.05) is 0 Å². The minimum Gasteiger partial charge on any atom is -0.378 e. The number of anilines is 1. The maximum atomic E-state index is 12.0. The van der Waals surface area contributed by atoms with Crippen LogP contribution in [0.3, 0.4) is 0 Å². The summed E-state index contributed by atoms with van der Waals surface area (Å²) in [5.41, 5.74) is 0.240. The quantitative estimate of drug-likeness (QED) is 0.411. The van der Waals surface area contributed by atoms with E-state index in [1.54, 1.807) is 18.2 Å². The summed E-state index contributed by atoms with van der Waals surface area (Å²) in [6, 6.07) is 10.2. The summed E-state index contributed by atoms with van der Waals surface area (Å²) >= 11 is 3.05. The summed E-state index contributed by atoms with van der Waals surface area (Å²) in [7, 11) is 0. The number of nitro groups is 2. The van der Waals surface area contributed by atoms with Gasteiger partial charge in [0.1, 0.15) is 5.69 Å². The lowest BCUT2D eigenvalue weighted by atomic mass is 10.2. The normalized spacial score (nSPS) is 10.1. The van der Waals surface area contributed by atoms with E-state index < -0.39 is 15.8 Å². The van der Waals surface area contributed by atoms with E-state index in [2.05, 4.69) is 26.6 Å². The summed E-state index contributed by atoms with van der Waals surface area (Å²) in [6.45, 7) is 0.448. The Morgan fingerprint density at radius 3 is 2.36 bits per heavy atom. The number of carbonyl (C=O) groups is 1. The Labute approximate surface area is 150 Å². The molecule has 9 nitrogen and oxygen atoms in total. The van der Waals surface area contributed by atoms with E-state index in [0.29, 0.717) is 5.69 Å². The molecular formula is C15H13BrN4O5. The second-order valence-corrected chi connectivity index (χ2v) is 5.73. The van der Waals surface area contributed by atoms with Crippen LogP contribution < -0.4 is 10.6 Å². The molecule has 0 fully saturated rings. The molecule has 0 saturated heterocycles. The van der Waals surface area contributed by atoms with Gasteiger partial charge in [0.05, 0.1) is 14.3 Å². The van der Waals surface area contributed by atoms with E-state index >= 15 is 0 Å². The zero-order valence-corrected chi connectivity index (χ0v) is 14.4. The summed E-state index contributed by atoms with van der Waals surface area (Å²) in [4.78, 5) is 32.7. The van der Waals surface area contributed by atoms with E-state index in [-0.39, 0.29) is 34.5 Å². The van der Waals surface area contributed by atoms with Crippen molar-refractivity contribution in [2.24, 2.45) is 0 Å². The van der Waals surface area contributed by atoms with Gasteiger partial charge >= 0.3 is 0 Å². The van der Waals surface area contributed by atoms with E-state index in [0.717, 1.165) is 0 Å². The SMILES string of the molecule is O=C(NCCNc1ccccc1[N+](=O)[O-])c1ccc(Br)c([N+](=O)[O-])c1. The number of rotatable bonds is 7. The number of nitrogens with zero attached hydrogens (tertiary/aromatic N) is 2. The minimum absolute atomic E-state index is 0.0580. The molecule has 0 bridgehead atoms. The Morgan fingerprint density at radius 1 is 1.00 bits per heavy atom. The first-order valence-electron chi connectivity index (χ1n) is 7.09. The third-order valence-electron chi connectivity index (χ3n) is 3.23. The summed E-state index contributed by atoms with van der Waals surface area (Å²) in [5, 5.41) is 27.2. The lowest BCUT2D eigenvalue weighted by molar-refractivity contribution is -0.385. The van der Waals surface area contributed by atoms with Gasteiger partial charge in [0.25, 0.3) is 17.3 Å². The van der Waals surface area contributed by atoms with Gasteiger partial charge in [-0.3, -0.25) is 25.0 Å². The number of nitrogens with one attached hydrogen (secondary N) is 2. The monoisotopic (exact) mass is 408 g/mol. The van der Waals surface area contributed by atoms with Crippen molar-refractivity contribution < 1.29 is 14.6 Å². The molecule has 0 radical (unpaired) electrons. The summed E-state index contributed by atoms with van der Waals surface area (Å²) < 4.78 is 0.284. The van der Waals surface area contributed by atoms with Crippen molar-refractivity contribution in [1.29, 1.82) is 0 Å². The fraction of sp³-hybridized carbons (Fsp3) is 0.133. The number of halogens is 1. The van der Waals surface area contributed by atoms with Gasteiger partial charge in [-0.25, -0.2) is 0 Å². The smallest absolute Gasteiger partial charge is 0.292 e. The third-order valence-corrected chi connectivity index (χ3v) is 3.90. The largest absolute Gasteiger partial charge is 0.378 e. The molecular weight excluding hydrogens is 396 g/mol. The van der Waals surface area contributed by atoms with Crippen LogP contribution in [-0.2, 0) is 0 Å². The predicted octanol–water partition coefficient (Wildman–Crippen LogP) is 3.11. The summed E-state index contributed by atoms with van der Waals surface area (Å²) in [5.74, 6) is -0.472. The average molecular weight is 409 g/mol. The van der Waals surface area contributed by atoms with E-state index in [9.17, 15) is 25.0 Å². The van der Waals surface area contributed by atoms with Crippen molar-refractivity contribution in [3.05, 3.63) is 72.7 Å². The van der Waals surface area contributed by atoms with Gasteiger partial charge in [-0.2, -0.15) is 0 Å². The van der Waals surface area contributed by atoms with Crippen LogP contribution in [0.1, 0.15) is 10.4 Å². The molecule has 2 rings (SSSR count). The first-order valence-corrected chi connectivity index (χ1v) is 7.89. The Morgan fingerprint density at radius 2 is 1.68 bits per heavy atom. The van der Waals surface area contributed by atoms with Crippen LogP contribution in [-0.4, -0.2) is 28.8 Å². The van der Waals surface area contributed by atoms with Crippen LogP contribution in [0.15, 0.2) is 46.9 Å². The zero-order valence-electron chi connectivity index (χ0n) is 12.8. The van der Waals surface area contributed by atoms with Crippen molar-refractivity contribution in [3.8, 4) is 0 Å². The predicted molar refractivity (Wildman–Crippen MR) is 94.7 cm³/mol. The number of carbonyl (C=O) groups excluding carboxylic acids is 1.